The van der Waals surface area contributed by atoms with Gasteiger partial charge in [0.15, 0.2) is 0 Å². The van der Waals surface area contributed by atoms with Crippen molar-refractivity contribution >= 4 is 17.8 Å². The van der Waals surface area contributed by atoms with E-state index in [1.54, 1.807) is 0 Å². The summed E-state index contributed by atoms with van der Waals surface area (Å²) in [5, 5.41) is 14.4. The van der Waals surface area contributed by atoms with E-state index in [4.69, 9.17) is 10.1 Å². The van der Waals surface area contributed by atoms with Crippen LogP contribution in [0.5, 0.6) is 0 Å². The number of imide groups is 1. The molecular formula is C9H14N4O3. The Hall–Kier alpha value is -1.89. The highest BCUT2D eigenvalue weighted by Crippen LogP contribution is 1.98. The van der Waals surface area contributed by atoms with Gasteiger partial charge in [-0.05, 0) is 6.92 Å². The number of nitrogens with one attached hydrogen (secondary N) is 4. The minimum absolute atomic E-state index is 0.0936. The van der Waals surface area contributed by atoms with Crippen molar-refractivity contribution in [1.82, 2.24) is 16.0 Å². The third-order valence-electron chi connectivity index (χ3n) is 1.82. The molecule has 0 unspecified atom stereocenters. The fourth-order valence-corrected chi connectivity index (χ4v) is 1.08. The highest BCUT2D eigenvalue weighted by molar-refractivity contribution is 6.29. The van der Waals surface area contributed by atoms with Crippen LogP contribution in [0.25, 0.3) is 0 Å². The van der Waals surface area contributed by atoms with Gasteiger partial charge in [0, 0.05) is 19.4 Å². The van der Waals surface area contributed by atoms with Crippen LogP contribution in [0.3, 0.4) is 0 Å². The highest BCUT2D eigenvalue weighted by atomic mass is 16.5. The Morgan fingerprint density at radius 3 is 2.81 bits per heavy atom. The largest absolute Gasteiger partial charge is 0.388 e. The lowest BCUT2D eigenvalue weighted by molar-refractivity contribution is -0.116. The molecule has 1 rings (SSSR count). The van der Waals surface area contributed by atoms with E-state index in [-0.39, 0.29) is 11.4 Å². The van der Waals surface area contributed by atoms with Gasteiger partial charge in [0.2, 0.25) is 0 Å². The molecular weight excluding hydrogens is 212 g/mol. The molecule has 1 aliphatic rings. The number of urea groups is 1. The van der Waals surface area contributed by atoms with Gasteiger partial charge in [-0.2, -0.15) is 0 Å². The summed E-state index contributed by atoms with van der Waals surface area (Å²) < 4.78 is 5.08. The van der Waals surface area contributed by atoms with E-state index in [1.165, 1.54) is 6.20 Å². The Morgan fingerprint density at radius 1 is 1.44 bits per heavy atom. The van der Waals surface area contributed by atoms with E-state index in [0.717, 1.165) is 0 Å². The van der Waals surface area contributed by atoms with Crippen molar-refractivity contribution < 1.29 is 14.3 Å². The fraction of sp³-hybridized carbons (Fsp3) is 0.444. The van der Waals surface area contributed by atoms with Crippen LogP contribution < -0.4 is 16.0 Å². The first-order chi connectivity index (χ1) is 7.65. The first-order valence-electron chi connectivity index (χ1n) is 4.87. The molecule has 88 valence electrons. The zero-order valence-corrected chi connectivity index (χ0v) is 8.92. The first kappa shape index (κ1) is 12.2. The summed E-state index contributed by atoms with van der Waals surface area (Å²) >= 11 is 0. The van der Waals surface area contributed by atoms with Gasteiger partial charge >= 0.3 is 6.03 Å². The minimum Gasteiger partial charge on any atom is -0.388 e. The number of hydrogen-bond donors (Lipinski definition) is 4. The van der Waals surface area contributed by atoms with Crippen LogP contribution in [0, 0.1) is 5.41 Å². The minimum atomic E-state index is -0.679. The van der Waals surface area contributed by atoms with Gasteiger partial charge in [-0.3, -0.25) is 20.8 Å². The monoisotopic (exact) mass is 226 g/mol. The number of carbonyl (C=O) groups excluding carboxylic acids is 2. The molecule has 0 aromatic rings. The third kappa shape index (κ3) is 3.35. The maximum absolute atomic E-state index is 11.3. The van der Waals surface area contributed by atoms with Gasteiger partial charge in [0.1, 0.15) is 5.84 Å². The molecule has 0 atom stereocenters. The molecule has 0 bridgehead atoms. The molecule has 16 heavy (non-hydrogen) atoms. The van der Waals surface area contributed by atoms with Crippen molar-refractivity contribution in [3.8, 4) is 0 Å². The predicted octanol–water partition coefficient (Wildman–Crippen LogP) is -0.687. The lowest BCUT2D eigenvalue weighted by atomic mass is 10.2. The zero-order chi connectivity index (χ0) is 12.0. The Balaban J connectivity index is 2.45. The molecule has 7 nitrogen and oxygen atoms in total. The second-order valence-electron chi connectivity index (χ2n) is 2.99. The molecule has 1 fully saturated rings. The molecule has 3 amide bonds. The number of ether oxygens (including phenoxy) is 1. The SMILES string of the molecule is CCOCCN/C=C1\C(=N)NC(=O)NC1=O. The summed E-state index contributed by atoms with van der Waals surface area (Å²) in [4.78, 5) is 22.1. The van der Waals surface area contributed by atoms with Crippen LogP contribution in [-0.2, 0) is 9.53 Å². The van der Waals surface area contributed by atoms with Crippen LogP contribution in [0.15, 0.2) is 11.8 Å². The van der Waals surface area contributed by atoms with Gasteiger partial charge in [-0.25, -0.2) is 4.79 Å². The van der Waals surface area contributed by atoms with Crippen LogP contribution in [0.2, 0.25) is 0 Å². The number of amidine groups is 1. The quantitative estimate of drug-likeness (QED) is 0.368. The summed E-state index contributed by atoms with van der Waals surface area (Å²) in [7, 11) is 0. The maximum atomic E-state index is 11.3. The molecule has 0 aromatic heterocycles. The van der Waals surface area contributed by atoms with Gasteiger partial charge in [-0.1, -0.05) is 0 Å². The molecule has 0 aliphatic carbocycles. The summed E-state index contributed by atoms with van der Waals surface area (Å²) in [5.74, 6) is -0.796. The predicted molar refractivity (Wildman–Crippen MR) is 57.0 cm³/mol. The Labute approximate surface area is 92.7 Å². The van der Waals surface area contributed by atoms with Crippen LogP contribution >= 0.6 is 0 Å². The second kappa shape index (κ2) is 5.86. The topological polar surface area (TPSA) is 103 Å². The van der Waals surface area contributed by atoms with Crippen LogP contribution in [-0.4, -0.2) is 37.5 Å². The molecule has 0 radical (unpaired) electrons. The second-order valence-corrected chi connectivity index (χ2v) is 2.99. The average molecular weight is 226 g/mol. The number of rotatable bonds is 5. The zero-order valence-electron chi connectivity index (χ0n) is 8.92. The first-order valence-corrected chi connectivity index (χ1v) is 4.87. The highest BCUT2D eigenvalue weighted by Gasteiger charge is 2.24. The van der Waals surface area contributed by atoms with Crippen molar-refractivity contribution in [2.75, 3.05) is 19.8 Å². The number of amides is 3. The molecule has 0 aromatic carbocycles. The van der Waals surface area contributed by atoms with E-state index < -0.39 is 11.9 Å². The Morgan fingerprint density at radius 2 is 2.19 bits per heavy atom. The summed E-state index contributed by atoms with van der Waals surface area (Å²) in [6.45, 7) is 3.57. The molecule has 4 N–H and O–H groups in total. The van der Waals surface area contributed by atoms with Crippen LogP contribution in [0.4, 0.5) is 4.79 Å². The maximum Gasteiger partial charge on any atom is 0.327 e. The molecule has 1 saturated heterocycles. The van der Waals surface area contributed by atoms with Crippen molar-refractivity contribution in [3.05, 3.63) is 11.8 Å². The van der Waals surface area contributed by atoms with Crippen molar-refractivity contribution in [2.45, 2.75) is 6.92 Å². The van der Waals surface area contributed by atoms with E-state index in [2.05, 4.69) is 10.6 Å². The Bertz CT molecular complexity index is 316. The van der Waals surface area contributed by atoms with Crippen molar-refractivity contribution in [3.63, 3.8) is 0 Å². The molecule has 7 heteroatoms. The van der Waals surface area contributed by atoms with Crippen LogP contribution in [0.1, 0.15) is 6.92 Å². The molecule has 1 aliphatic heterocycles. The average Bonchev–Trinajstić information content (AvgIpc) is 2.20. The van der Waals surface area contributed by atoms with Gasteiger partial charge < -0.3 is 10.1 Å². The normalized spacial score (nSPS) is 18.3. The van der Waals surface area contributed by atoms with E-state index in [1.807, 2.05) is 12.2 Å². The summed E-state index contributed by atoms with van der Waals surface area (Å²) in [5.41, 5.74) is 0.0936. The summed E-state index contributed by atoms with van der Waals surface area (Å²) in [6, 6.07) is -0.679. The fourth-order valence-electron chi connectivity index (χ4n) is 1.08. The number of carbonyl (C=O) groups is 2. The lowest BCUT2D eigenvalue weighted by Gasteiger charge is -2.16. The smallest absolute Gasteiger partial charge is 0.327 e. The molecule has 0 spiro atoms. The lowest BCUT2D eigenvalue weighted by Crippen LogP contribution is -2.51. The molecule has 0 saturated carbocycles. The van der Waals surface area contributed by atoms with E-state index in [9.17, 15) is 9.59 Å². The van der Waals surface area contributed by atoms with Crippen molar-refractivity contribution in [2.24, 2.45) is 0 Å². The van der Waals surface area contributed by atoms with Gasteiger partial charge in [-0.15, -0.1) is 0 Å². The van der Waals surface area contributed by atoms with Gasteiger partial charge in [0.25, 0.3) is 5.91 Å². The van der Waals surface area contributed by atoms with Crippen molar-refractivity contribution in [1.29, 1.82) is 5.41 Å². The number of hydrogen-bond acceptors (Lipinski definition) is 5. The van der Waals surface area contributed by atoms with E-state index >= 15 is 0 Å². The Kier molecular flexibility index (Phi) is 4.46. The standard InChI is InChI=1S/C9H14N4O3/c1-2-16-4-3-11-5-6-7(10)12-9(15)13-8(6)14/h5,11H,2-4H2,1H3,(H3,10,12,13,14,15)/b6-5+. The molecule has 1 heterocycles. The van der Waals surface area contributed by atoms with Gasteiger partial charge in [0.05, 0.1) is 12.2 Å². The third-order valence-corrected chi connectivity index (χ3v) is 1.82. The van der Waals surface area contributed by atoms with E-state index in [0.29, 0.717) is 19.8 Å². The summed E-state index contributed by atoms with van der Waals surface area (Å²) in [6.07, 6.45) is 1.39.